The topological polar surface area (TPSA) is 107 Å². The Kier molecular flexibility index (Phi) is 10.9. The minimum Gasteiger partial charge on any atom is -0.496 e. The monoisotopic (exact) mass is 617 g/mol. The fourth-order valence-corrected chi connectivity index (χ4v) is 6.51. The zero-order valence-corrected chi connectivity index (χ0v) is 26.7. The molecule has 9 heteroatoms. The number of carbonyl (C=O) groups is 1. The normalized spacial score (nSPS) is 18.9. The molecule has 0 spiro atoms. The quantitative estimate of drug-likeness (QED) is 0.219. The van der Waals surface area contributed by atoms with Crippen molar-refractivity contribution in [3.05, 3.63) is 89.0 Å². The fourth-order valence-electron chi connectivity index (χ4n) is 6.51. The lowest BCUT2D eigenvalue weighted by atomic mass is 9.86. The Morgan fingerprint density at radius 1 is 1.04 bits per heavy atom. The Bertz CT molecular complexity index is 1410. The van der Waals surface area contributed by atoms with E-state index in [0.717, 1.165) is 47.7 Å². The minimum atomic E-state index is -0.908. The van der Waals surface area contributed by atoms with Crippen molar-refractivity contribution in [2.24, 2.45) is 5.73 Å². The molecular formula is C36H47N3O6. The van der Waals surface area contributed by atoms with Gasteiger partial charge in [0, 0.05) is 55.2 Å². The van der Waals surface area contributed by atoms with Gasteiger partial charge >= 0.3 is 6.09 Å². The number of carboxylic acid groups (broad SMARTS) is 1. The number of piperidine rings is 1. The van der Waals surface area contributed by atoms with Crippen LogP contribution in [0.2, 0.25) is 0 Å². The third kappa shape index (κ3) is 8.09. The summed E-state index contributed by atoms with van der Waals surface area (Å²) in [7, 11) is 1.66. The summed E-state index contributed by atoms with van der Waals surface area (Å²) in [5.74, 6) is 1.71. The van der Waals surface area contributed by atoms with Crippen LogP contribution in [0.25, 0.3) is 0 Å². The van der Waals surface area contributed by atoms with E-state index in [1.807, 2.05) is 36.4 Å². The second-order valence-electron chi connectivity index (χ2n) is 12.6. The number of amides is 1. The second-order valence-corrected chi connectivity index (χ2v) is 12.6. The van der Waals surface area contributed by atoms with Gasteiger partial charge in [0.1, 0.15) is 11.5 Å². The number of methoxy groups -OCH3 is 1. The maximum Gasteiger partial charge on any atom is 0.407 e. The molecule has 0 saturated carbocycles. The van der Waals surface area contributed by atoms with Crippen LogP contribution in [0.15, 0.2) is 66.7 Å². The molecule has 1 amide bonds. The van der Waals surface area contributed by atoms with Gasteiger partial charge in [-0.25, -0.2) is 4.79 Å². The number of benzene rings is 3. The van der Waals surface area contributed by atoms with Gasteiger partial charge in [0.05, 0.1) is 46.2 Å². The summed E-state index contributed by atoms with van der Waals surface area (Å²) in [6.45, 7) is 9.77. The van der Waals surface area contributed by atoms with Crippen LogP contribution in [-0.4, -0.2) is 75.3 Å². The van der Waals surface area contributed by atoms with Gasteiger partial charge in [-0.15, -0.1) is 0 Å². The Morgan fingerprint density at radius 3 is 2.60 bits per heavy atom. The third-order valence-corrected chi connectivity index (χ3v) is 8.87. The van der Waals surface area contributed by atoms with E-state index < -0.39 is 6.09 Å². The fraction of sp³-hybridized carbons (Fsp3) is 0.472. The summed E-state index contributed by atoms with van der Waals surface area (Å²) in [5.41, 5.74) is 11.7. The number of likely N-dealkylation sites (tertiary alicyclic amines) is 1. The molecule has 2 heterocycles. The van der Waals surface area contributed by atoms with Crippen LogP contribution < -0.4 is 20.1 Å². The van der Waals surface area contributed by atoms with Gasteiger partial charge in [-0.1, -0.05) is 56.3 Å². The minimum absolute atomic E-state index is 0.0704. The Labute approximate surface area is 266 Å². The molecule has 2 unspecified atom stereocenters. The first kappa shape index (κ1) is 32.6. The lowest BCUT2D eigenvalue weighted by Crippen LogP contribution is -2.46. The lowest BCUT2D eigenvalue weighted by molar-refractivity contribution is -0.0199. The van der Waals surface area contributed by atoms with E-state index in [4.69, 9.17) is 24.7 Å². The zero-order chi connectivity index (χ0) is 31.8. The predicted octanol–water partition coefficient (Wildman–Crippen LogP) is 5.79. The van der Waals surface area contributed by atoms with E-state index in [1.165, 1.54) is 16.2 Å². The summed E-state index contributed by atoms with van der Waals surface area (Å²) in [6.07, 6.45) is 0.301. The molecule has 1 saturated heterocycles. The van der Waals surface area contributed by atoms with Gasteiger partial charge in [-0.05, 0) is 47.4 Å². The van der Waals surface area contributed by atoms with Gasteiger partial charge in [-0.3, -0.25) is 0 Å². The molecule has 242 valence electrons. The molecule has 2 aliphatic rings. The zero-order valence-electron chi connectivity index (χ0n) is 26.7. The molecule has 0 aromatic heterocycles. The molecule has 3 N–H and O–H groups in total. The number of rotatable bonds is 14. The van der Waals surface area contributed by atoms with Gasteiger partial charge in [-0.2, -0.15) is 0 Å². The number of hydrogen-bond donors (Lipinski definition) is 2. The highest BCUT2D eigenvalue weighted by Gasteiger charge is 2.36. The Balaban J connectivity index is 1.15. The molecule has 5 rings (SSSR count). The van der Waals surface area contributed by atoms with Gasteiger partial charge in [0.15, 0.2) is 0 Å². The molecule has 0 aliphatic carbocycles. The molecule has 0 bridgehead atoms. The average molecular weight is 618 g/mol. The van der Waals surface area contributed by atoms with E-state index in [2.05, 4.69) is 49.1 Å². The summed E-state index contributed by atoms with van der Waals surface area (Å²) >= 11 is 0. The lowest BCUT2D eigenvalue weighted by Gasteiger charge is -2.37. The van der Waals surface area contributed by atoms with Crippen LogP contribution >= 0.6 is 0 Å². The number of para-hydroxylation sites is 1. The molecule has 3 aromatic rings. The summed E-state index contributed by atoms with van der Waals surface area (Å²) in [6, 6.07) is 22.5. The van der Waals surface area contributed by atoms with E-state index in [-0.39, 0.29) is 17.4 Å². The molecule has 1 fully saturated rings. The van der Waals surface area contributed by atoms with E-state index >= 15 is 0 Å². The van der Waals surface area contributed by atoms with Crippen LogP contribution in [-0.2, 0) is 28.1 Å². The molecule has 2 atom stereocenters. The first-order valence-corrected chi connectivity index (χ1v) is 15.9. The van der Waals surface area contributed by atoms with Gasteiger partial charge in [0.2, 0.25) is 0 Å². The molecule has 2 aliphatic heterocycles. The Morgan fingerprint density at radius 2 is 1.84 bits per heavy atom. The first-order valence-electron chi connectivity index (χ1n) is 15.9. The highest BCUT2D eigenvalue weighted by Crippen LogP contribution is 2.41. The largest absolute Gasteiger partial charge is 0.496 e. The molecular weight excluding hydrogens is 570 g/mol. The van der Waals surface area contributed by atoms with Gasteiger partial charge < -0.3 is 39.6 Å². The maximum atomic E-state index is 11.8. The van der Waals surface area contributed by atoms with Crippen LogP contribution in [0.1, 0.15) is 54.9 Å². The highest BCUT2D eigenvalue weighted by molar-refractivity contribution is 5.65. The van der Waals surface area contributed by atoms with Crippen LogP contribution in [0.4, 0.5) is 10.5 Å². The Hall–Kier alpha value is -3.79. The van der Waals surface area contributed by atoms with Crippen molar-refractivity contribution in [2.75, 3.05) is 57.9 Å². The first-order chi connectivity index (χ1) is 21.8. The van der Waals surface area contributed by atoms with Crippen LogP contribution in [0.5, 0.6) is 11.5 Å². The van der Waals surface area contributed by atoms with Crippen molar-refractivity contribution in [1.82, 2.24) is 4.90 Å². The highest BCUT2D eigenvalue weighted by atomic mass is 16.5. The van der Waals surface area contributed by atoms with Crippen LogP contribution in [0, 0.1) is 0 Å². The molecule has 3 aromatic carbocycles. The van der Waals surface area contributed by atoms with Crippen molar-refractivity contribution in [3.63, 3.8) is 0 Å². The summed E-state index contributed by atoms with van der Waals surface area (Å²) < 4.78 is 23.7. The SMILES string of the molecule is COc1ccccc1COCCCOc1ccc(C2CCN(C(=O)O)CC2OCc2ccc3c(c2)N(CCN)CC3(C)C)cc1. The standard InChI is InChI=1S/C36H47N3O6/c1-36(2)25-39(18-16-37)32-21-26(9-14-31(32)36)23-45-34-22-38(35(40)41)17-15-30(34)27-10-12-29(13-11-27)44-20-6-19-43-24-28-7-4-5-8-33(28)42-3/h4-5,7-14,21,30,34H,6,15-20,22-25,37H2,1-3H3,(H,40,41). The van der Waals surface area contributed by atoms with Crippen molar-refractivity contribution < 1.29 is 28.8 Å². The van der Waals surface area contributed by atoms with Crippen LogP contribution in [0.3, 0.4) is 0 Å². The molecule has 45 heavy (non-hydrogen) atoms. The smallest absolute Gasteiger partial charge is 0.407 e. The second kappa shape index (κ2) is 15.0. The van der Waals surface area contributed by atoms with E-state index in [9.17, 15) is 9.90 Å². The number of ether oxygens (including phenoxy) is 4. The number of nitrogens with zero attached hydrogens (tertiary/aromatic N) is 2. The van der Waals surface area contributed by atoms with Gasteiger partial charge in [0.25, 0.3) is 0 Å². The summed E-state index contributed by atoms with van der Waals surface area (Å²) in [5, 5.41) is 9.71. The van der Waals surface area contributed by atoms with Crippen molar-refractivity contribution in [1.29, 1.82) is 0 Å². The van der Waals surface area contributed by atoms with E-state index in [0.29, 0.717) is 52.5 Å². The van der Waals surface area contributed by atoms with Crippen molar-refractivity contribution >= 4 is 11.8 Å². The third-order valence-electron chi connectivity index (χ3n) is 8.87. The number of nitrogens with two attached hydrogens (primary N) is 1. The van der Waals surface area contributed by atoms with Crippen molar-refractivity contribution in [3.8, 4) is 11.5 Å². The molecule has 9 nitrogen and oxygen atoms in total. The number of fused-ring (bicyclic) bond motifs is 1. The maximum absolute atomic E-state index is 11.8. The average Bonchev–Trinajstić information content (AvgIpc) is 3.30. The number of anilines is 1. The number of hydrogen-bond acceptors (Lipinski definition) is 7. The van der Waals surface area contributed by atoms with Crippen molar-refractivity contribution in [2.45, 2.75) is 57.3 Å². The predicted molar refractivity (Wildman–Crippen MR) is 175 cm³/mol. The molecule has 0 radical (unpaired) electrons. The summed E-state index contributed by atoms with van der Waals surface area (Å²) in [4.78, 5) is 15.7. The van der Waals surface area contributed by atoms with E-state index in [1.54, 1.807) is 7.11 Å².